The van der Waals surface area contributed by atoms with Gasteiger partial charge in [-0.05, 0) is 25.0 Å². The van der Waals surface area contributed by atoms with Crippen molar-refractivity contribution in [3.63, 3.8) is 0 Å². The van der Waals surface area contributed by atoms with Crippen molar-refractivity contribution in [1.82, 2.24) is 24.6 Å². The molecule has 0 saturated carbocycles. The van der Waals surface area contributed by atoms with Gasteiger partial charge in [0.2, 0.25) is 0 Å². The maximum Gasteiger partial charge on any atom is 0.140 e. The van der Waals surface area contributed by atoms with E-state index >= 15 is 0 Å². The Bertz CT molecular complexity index is 559. The molecule has 1 aliphatic rings. The van der Waals surface area contributed by atoms with Crippen molar-refractivity contribution in [3.05, 3.63) is 36.5 Å². The van der Waals surface area contributed by atoms with E-state index < -0.39 is 0 Å². The topological polar surface area (TPSA) is 50.1 Å². The minimum atomic E-state index is 0.565. The molecule has 1 saturated heterocycles. The van der Waals surface area contributed by atoms with E-state index in [-0.39, 0.29) is 0 Å². The van der Waals surface area contributed by atoms with Crippen molar-refractivity contribution in [2.75, 3.05) is 25.0 Å². The summed E-state index contributed by atoms with van der Waals surface area (Å²) < 4.78 is 1.85. The molecule has 1 aliphatic heterocycles. The molecule has 112 valence electrons. The molecule has 0 bridgehead atoms. The predicted octanol–water partition coefficient (Wildman–Crippen LogP) is 1.31. The smallest absolute Gasteiger partial charge is 0.140 e. The summed E-state index contributed by atoms with van der Waals surface area (Å²) in [4.78, 5) is 13.5. The molecule has 3 rings (SSSR count). The zero-order valence-corrected chi connectivity index (χ0v) is 12.7. The summed E-state index contributed by atoms with van der Waals surface area (Å²) in [5, 5.41) is 4.13. The first-order valence-electron chi connectivity index (χ1n) is 7.43. The molecule has 0 spiro atoms. The molecule has 21 heavy (non-hydrogen) atoms. The van der Waals surface area contributed by atoms with Gasteiger partial charge in [0.05, 0.1) is 6.54 Å². The van der Waals surface area contributed by atoms with Gasteiger partial charge in [0.15, 0.2) is 0 Å². The molecule has 0 unspecified atom stereocenters. The highest BCUT2D eigenvalue weighted by molar-refractivity contribution is 5.38. The van der Waals surface area contributed by atoms with E-state index in [1.807, 2.05) is 30.1 Å². The molecule has 0 aromatic carbocycles. The number of aryl methyl sites for hydroxylation is 1. The van der Waals surface area contributed by atoms with Crippen LogP contribution in [0.3, 0.4) is 0 Å². The average molecular weight is 286 g/mol. The van der Waals surface area contributed by atoms with Crippen molar-refractivity contribution in [2.45, 2.75) is 25.4 Å². The SMILES string of the molecule is CN(c1ccccn1)C1CCN(Cc2ncnn2C)CC1. The lowest BCUT2D eigenvalue weighted by Crippen LogP contribution is -2.43. The fraction of sp³-hybridized carbons (Fsp3) is 0.533. The normalized spacial score (nSPS) is 17.0. The predicted molar refractivity (Wildman–Crippen MR) is 81.9 cm³/mol. The quantitative estimate of drug-likeness (QED) is 0.848. The van der Waals surface area contributed by atoms with Crippen LogP contribution in [-0.4, -0.2) is 50.8 Å². The van der Waals surface area contributed by atoms with Gasteiger partial charge in [-0.15, -0.1) is 0 Å². The number of anilines is 1. The third kappa shape index (κ3) is 3.21. The van der Waals surface area contributed by atoms with Crippen LogP contribution in [0, 0.1) is 0 Å². The van der Waals surface area contributed by atoms with E-state index in [1.54, 1.807) is 6.33 Å². The zero-order chi connectivity index (χ0) is 14.7. The van der Waals surface area contributed by atoms with Gasteiger partial charge >= 0.3 is 0 Å². The fourth-order valence-corrected chi connectivity index (χ4v) is 2.88. The monoisotopic (exact) mass is 286 g/mol. The lowest BCUT2D eigenvalue weighted by Gasteiger charge is -2.37. The molecular formula is C15H22N6. The molecule has 0 N–H and O–H groups in total. The second-order valence-corrected chi connectivity index (χ2v) is 5.61. The van der Waals surface area contributed by atoms with E-state index in [1.165, 1.54) is 0 Å². The molecule has 1 fully saturated rings. The van der Waals surface area contributed by atoms with Crippen LogP contribution >= 0.6 is 0 Å². The van der Waals surface area contributed by atoms with E-state index in [9.17, 15) is 0 Å². The second-order valence-electron chi connectivity index (χ2n) is 5.61. The summed E-state index contributed by atoms with van der Waals surface area (Å²) in [7, 11) is 4.09. The number of pyridine rings is 1. The Labute approximate surface area is 125 Å². The summed E-state index contributed by atoms with van der Waals surface area (Å²) in [5.74, 6) is 2.09. The summed E-state index contributed by atoms with van der Waals surface area (Å²) in [5.41, 5.74) is 0. The van der Waals surface area contributed by atoms with Crippen LogP contribution in [0.5, 0.6) is 0 Å². The first-order chi connectivity index (χ1) is 10.2. The lowest BCUT2D eigenvalue weighted by molar-refractivity contribution is 0.196. The van der Waals surface area contributed by atoms with Crippen LogP contribution in [0.15, 0.2) is 30.7 Å². The zero-order valence-electron chi connectivity index (χ0n) is 12.7. The highest BCUT2D eigenvalue weighted by Gasteiger charge is 2.23. The molecule has 0 aliphatic carbocycles. The van der Waals surface area contributed by atoms with Crippen molar-refractivity contribution in [1.29, 1.82) is 0 Å². The third-order valence-corrected chi connectivity index (χ3v) is 4.29. The maximum absolute atomic E-state index is 4.44. The number of aromatic nitrogens is 4. The Morgan fingerprint density at radius 1 is 1.24 bits per heavy atom. The fourth-order valence-electron chi connectivity index (χ4n) is 2.88. The maximum atomic E-state index is 4.44. The number of piperidine rings is 1. The van der Waals surface area contributed by atoms with E-state index in [0.717, 1.165) is 44.1 Å². The molecule has 0 atom stereocenters. The van der Waals surface area contributed by atoms with Crippen LogP contribution < -0.4 is 4.90 Å². The van der Waals surface area contributed by atoms with Crippen LogP contribution in [-0.2, 0) is 13.6 Å². The van der Waals surface area contributed by atoms with Crippen LogP contribution in [0.1, 0.15) is 18.7 Å². The van der Waals surface area contributed by atoms with Gasteiger partial charge in [0.1, 0.15) is 18.0 Å². The lowest BCUT2D eigenvalue weighted by atomic mass is 10.0. The molecule has 2 aromatic rings. The van der Waals surface area contributed by atoms with Gasteiger partial charge < -0.3 is 4.90 Å². The van der Waals surface area contributed by atoms with Gasteiger partial charge in [-0.1, -0.05) is 6.07 Å². The third-order valence-electron chi connectivity index (χ3n) is 4.29. The summed E-state index contributed by atoms with van der Waals surface area (Å²) in [6, 6.07) is 6.64. The number of nitrogens with zero attached hydrogens (tertiary/aromatic N) is 6. The van der Waals surface area contributed by atoms with Crippen LogP contribution in [0.4, 0.5) is 5.82 Å². The number of likely N-dealkylation sites (tertiary alicyclic amines) is 1. The van der Waals surface area contributed by atoms with Crippen molar-refractivity contribution in [3.8, 4) is 0 Å². The summed E-state index contributed by atoms with van der Waals surface area (Å²) >= 11 is 0. The molecule has 0 radical (unpaired) electrons. The van der Waals surface area contributed by atoms with Crippen LogP contribution in [0.2, 0.25) is 0 Å². The van der Waals surface area contributed by atoms with Gasteiger partial charge in [-0.2, -0.15) is 5.10 Å². The minimum Gasteiger partial charge on any atom is -0.357 e. The Kier molecular flexibility index (Phi) is 4.15. The largest absolute Gasteiger partial charge is 0.357 e. The number of rotatable bonds is 4. The van der Waals surface area contributed by atoms with Crippen molar-refractivity contribution in [2.24, 2.45) is 7.05 Å². The minimum absolute atomic E-state index is 0.565. The van der Waals surface area contributed by atoms with Gasteiger partial charge in [0, 0.05) is 39.4 Å². The van der Waals surface area contributed by atoms with Gasteiger partial charge in [0.25, 0.3) is 0 Å². The molecule has 0 amide bonds. The Morgan fingerprint density at radius 2 is 2.05 bits per heavy atom. The van der Waals surface area contributed by atoms with E-state index in [4.69, 9.17) is 0 Å². The first-order valence-corrected chi connectivity index (χ1v) is 7.43. The second kappa shape index (κ2) is 6.22. The van der Waals surface area contributed by atoms with Gasteiger partial charge in [-0.25, -0.2) is 9.97 Å². The molecule has 3 heterocycles. The van der Waals surface area contributed by atoms with Gasteiger partial charge in [-0.3, -0.25) is 9.58 Å². The average Bonchev–Trinajstić information content (AvgIpc) is 2.93. The summed E-state index contributed by atoms with van der Waals surface area (Å²) in [6.07, 6.45) is 5.79. The Hall–Kier alpha value is -1.95. The first kappa shape index (κ1) is 14.0. The Morgan fingerprint density at radius 3 is 2.67 bits per heavy atom. The molecule has 6 heteroatoms. The molecule has 6 nitrogen and oxygen atoms in total. The highest BCUT2D eigenvalue weighted by Crippen LogP contribution is 2.20. The summed E-state index contributed by atoms with van der Waals surface area (Å²) in [6.45, 7) is 3.07. The Balaban J connectivity index is 1.54. The number of hydrogen-bond donors (Lipinski definition) is 0. The van der Waals surface area contributed by atoms with Crippen molar-refractivity contribution >= 4 is 5.82 Å². The standard InChI is InChI=1S/C15H22N6/c1-19(14-5-3-4-8-16-14)13-6-9-21(10-7-13)11-15-17-12-18-20(15)2/h3-5,8,12-13H,6-7,9-11H2,1-2H3. The molecule has 2 aromatic heterocycles. The number of hydrogen-bond acceptors (Lipinski definition) is 5. The van der Waals surface area contributed by atoms with Crippen LogP contribution in [0.25, 0.3) is 0 Å². The molecular weight excluding hydrogens is 264 g/mol. The van der Waals surface area contributed by atoms with E-state index in [0.29, 0.717) is 6.04 Å². The van der Waals surface area contributed by atoms with E-state index in [2.05, 4.69) is 38.0 Å². The van der Waals surface area contributed by atoms with Crippen molar-refractivity contribution < 1.29 is 0 Å². The highest BCUT2D eigenvalue weighted by atomic mass is 15.3.